The third-order valence-corrected chi connectivity index (χ3v) is 4.27. The van der Waals surface area contributed by atoms with Gasteiger partial charge in [0.25, 0.3) is 5.69 Å². The Kier molecular flexibility index (Phi) is 6.29. The minimum absolute atomic E-state index is 0.0794. The largest absolute Gasteiger partial charge is 0.491 e. The highest BCUT2D eigenvalue weighted by Gasteiger charge is 2.37. The van der Waals surface area contributed by atoms with E-state index in [0.717, 1.165) is 0 Å². The van der Waals surface area contributed by atoms with Crippen LogP contribution in [0, 0.1) is 6.57 Å². The Bertz CT molecular complexity index is 1010. The quantitative estimate of drug-likeness (QED) is 0.420. The molecule has 1 aliphatic rings. The van der Waals surface area contributed by atoms with Crippen molar-refractivity contribution in [1.82, 2.24) is 4.98 Å². The van der Waals surface area contributed by atoms with E-state index >= 15 is 0 Å². The summed E-state index contributed by atoms with van der Waals surface area (Å²) in [6, 6.07) is 5.16. The molecule has 0 spiro atoms. The van der Waals surface area contributed by atoms with E-state index in [2.05, 4.69) is 9.83 Å². The number of hydrogen-bond acceptors (Lipinski definition) is 6. The number of pyridine rings is 1. The van der Waals surface area contributed by atoms with Crippen molar-refractivity contribution in [3.63, 3.8) is 0 Å². The first-order valence-corrected chi connectivity index (χ1v) is 8.91. The Morgan fingerprint density at radius 2 is 2.17 bits per heavy atom. The molecule has 0 saturated carbocycles. The zero-order chi connectivity index (χ0) is 21.9. The SMILES string of the molecule is [C-]#[N+]c1c(C(F)(F)F)cc(Oc2ccc3c(c2)COB3O)nc1OCCCC(C)=O. The minimum Gasteiger partial charge on any atom is -0.486 e. The number of carbonyl (C=O) groups excluding carboxylic acids is 1. The molecule has 0 bridgehead atoms. The number of nitrogens with zero attached hydrogens (tertiary/aromatic N) is 2. The summed E-state index contributed by atoms with van der Waals surface area (Å²) in [5, 5.41) is 9.65. The zero-order valence-electron chi connectivity index (χ0n) is 15.8. The van der Waals surface area contributed by atoms with E-state index in [9.17, 15) is 23.0 Å². The normalized spacial score (nSPS) is 13.0. The molecule has 1 aromatic carbocycles. The summed E-state index contributed by atoms with van der Waals surface area (Å²) >= 11 is 0. The van der Waals surface area contributed by atoms with Crippen molar-refractivity contribution in [3.8, 4) is 17.5 Å². The minimum atomic E-state index is -4.83. The number of carbonyl (C=O) groups is 1. The Morgan fingerprint density at radius 1 is 1.40 bits per heavy atom. The molecule has 0 atom stereocenters. The average molecular weight is 420 g/mol. The molecular weight excluding hydrogens is 404 g/mol. The molecule has 2 heterocycles. The molecule has 30 heavy (non-hydrogen) atoms. The van der Waals surface area contributed by atoms with Gasteiger partial charge in [0.1, 0.15) is 11.5 Å². The molecule has 3 rings (SSSR count). The fourth-order valence-electron chi connectivity index (χ4n) is 2.85. The Morgan fingerprint density at radius 3 is 2.83 bits per heavy atom. The van der Waals surface area contributed by atoms with Crippen LogP contribution in [0.1, 0.15) is 30.9 Å². The first-order chi connectivity index (χ1) is 14.2. The van der Waals surface area contributed by atoms with Gasteiger partial charge in [0.2, 0.25) is 11.8 Å². The molecule has 11 heteroatoms. The second-order valence-electron chi connectivity index (χ2n) is 6.55. The highest BCUT2D eigenvalue weighted by molar-refractivity contribution is 6.61. The van der Waals surface area contributed by atoms with Crippen molar-refractivity contribution in [2.45, 2.75) is 32.5 Å². The Balaban J connectivity index is 1.91. The monoisotopic (exact) mass is 420 g/mol. The van der Waals surface area contributed by atoms with Gasteiger partial charge in [-0.1, -0.05) is 6.07 Å². The second kappa shape index (κ2) is 8.73. The van der Waals surface area contributed by atoms with Gasteiger partial charge in [-0.2, -0.15) is 18.2 Å². The van der Waals surface area contributed by atoms with E-state index < -0.39 is 36.3 Å². The first-order valence-electron chi connectivity index (χ1n) is 8.91. The number of halogens is 3. The van der Waals surface area contributed by atoms with E-state index in [-0.39, 0.29) is 37.6 Å². The van der Waals surface area contributed by atoms with Crippen LogP contribution in [-0.2, 0) is 22.2 Å². The predicted octanol–water partition coefficient (Wildman–Crippen LogP) is 3.41. The van der Waals surface area contributed by atoms with Crippen molar-refractivity contribution < 1.29 is 37.1 Å². The van der Waals surface area contributed by atoms with Crippen LogP contribution in [0.3, 0.4) is 0 Å². The van der Waals surface area contributed by atoms with E-state index in [4.69, 9.17) is 20.7 Å². The summed E-state index contributed by atoms with van der Waals surface area (Å²) in [5.74, 6) is -0.824. The molecule has 1 aliphatic heterocycles. The summed E-state index contributed by atoms with van der Waals surface area (Å²) in [6.45, 7) is 8.56. The molecule has 7 nitrogen and oxygen atoms in total. The van der Waals surface area contributed by atoms with Crippen molar-refractivity contribution in [1.29, 1.82) is 0 Å². The number of alkyl halides is 3. The molecular formula is C19H16BF3N2O5. The second-order valence-corrected chi connectivity index (χ2v) is 6.55. The third-order valence-electron chi connectivity index (χ3n) is 4.27. The van der Waals surface area contributed by atoms with Crippen LogP contribution in [0.5, 0.6) is 17.5 Å². The topological polar surface area (TPSA) is 82.2 Å². The number of Topliss-reactive ketones (excluding diaryl/α,β-unsaturated/α-hetero) is 1. The van der Waals surface area contributed by atoms with Crippen molar-refractivity contribution >= 4 is 24.1 Å². The van der Waals surface area contributed by atoms with Gasteiger partial charge in [0.05, 0.1) is 25.3 Å². The Labute approximate surface area is 170 Å². The average Bonchev–Trinajstić information content (AvgIpc) is 3.04. The van der Waals surface area contributed by atoms with Crippen LogP contribution in [0.15, 0.2) is 24.3 Å². The molecule has 0 unspecified atom stereocenters. The summed E-state index contributed by atoms with van der Waals surface area (Å²) in [6.07, 6.45) is -4.36. The lowest BCUT2D eigenvalue weighted by Gasteiger charge is -2.15. The van der Waals surface area contributed by atoms with Crippen LogP contribution in [-0.4, -0.2) is 29.5 Å². The molecule has 156 valence electrons. The lowest BCUT2D eigenvalue weighted by atomic mass is 9.80. The van der Waals surface area contributed by atoms with Crippen LogP contribution in [0.2, 0.25) is 0 Å². The fraction of sp³-hybridized carbons (Fsp3) is 0.316. The number of hydrogen-bond donors (Lipinski definition) is 1. The fourth-order valence-corrected chi connectivity index (χ4v) is 2.85. The van der Waals surface area contributed by atoms with Gasteiger partial charge >= 0.3 is 13.3 Å². The van der Waals surface area contributed by atoms with Gasteiger partial charge in [-0.15, -0.1) is 0 Å². The molecule has 0 amide bonds. The summed E-state index contributed by atoms with van der Waals surface area (Å²) in [5.41, 5.74) is -0.828. The van der Waals surface area contributed by atoms with Gasteiger partial charge in [-0.05, 0) is 36.5 Å². The molecule has 2 aromatic rings. The van der Waals surface area contributed by atoms with Crippen molar-refractivity contribution in [2.24, 2.45) is 0 Å². The van der Waals surface area contributed by atoms with Crippen LogP contribution in [0.25, 0.3) is 4.85 Å². The maximum atomic E-state index is 13.5. The predicted molar refractivity (Wildman–Crippen MR) is 99.8 cm³/mol. The van der Waals surface area contributed by atoms with Crippen LogP contribution in [0.4, 0.5) is 18.9 Å². The van der Waals surface area contributed by atoms with Crippen LogP contribution >= 0.6 is 0 Å². The number of ketones is 1. The van der Waals surface area contributed by atoms with Gasteiger partial charge in [-0.25, -0.2) is 4.85 Å². The molecule has 1 aromatic heterocycles. The third kappa shape index (κ3) is 4.90. The van der Waals surface area contributed by atoms with Gasteiger partial charge < -0.3 is 23.9 Å². The van der Waals surface area contributed by atoms with E-state index in [1.54, 1.807) is 6.07 Å². The maximum absolute atomic E-state index is 13.5. The number of ether oxygens (including phenoxy) is 2. The Hall–Kier alpha value is -3.10. The smallest absolute Gasteiger partial charge is 0.486 e. The highest BCUT2D eigenvalue weighted by Crippen LogP contribution is 2.43. The molecule has 0 fully saturated rings. The summed E-state index contributed by atoms with van der Waals surface area (Å²) in [4.78, 5) is 17.9. The maximum Gasteiger partial charge on any atom is 0.491 e. The molecule has 0 radical (unpaired) electrons. The zero-order valence-corrected chi connectivity index (χ0v) is 15.8. The number of fused-ring (bicyclic) bond motifs is 1. The summed E-state index contributed by atoms with van der Waals surface area (Å²) < 4.78 is 56.3. The van der Waals surface area contributed by atoms with E-state index in [1.165, 1.54) is 19.1 Å². The number of aromatic nitrogens is 1. The highest BCUT2D eigenvalue weighted by atomic mass is 19.4. The van der Waals surface area contributed by atoms with E-state index in [1.807, 2.05) is 0 Å². The lowest BCUT2D eigenvalue weighted by Crippen LogP contribution is -2.27. The van der Waals surface area contributed by atoms with Gasteiger partial charge in [0.15, 0.2) is 0 Å². The lowest BCUT2D eigenvalue weighted by molar-refractivity contribution is -0.137. The number of benzene rings is 1. The van der Waals surface area contributed by atoms with E-state index in [0.29, 0.717) is 17.1 Å². The first kappa shape index (κ1) is 21.6. The van der Waals surface area contributed by atoms with Crippen molar-refractivity contribution in [3.05, 3.63) is 46.8 Å². The van der Waals surface area contributed by atoms with Gasteiger partial charge in [-0.3, -0.25) is 0 Å². The molecule has 0 saturated heterocycles. The molecule has 1 N–H and O–H groups in total. The standard InChI is InChI=1S/C19H16BF3N2O5/c1-11(26)4-3-7-28-18-17(24-2)14(19(21,22)23)9-16(25-18)30-13-5-6-15-12(8-13)10-29-20(15)27/h5-6,8-9,27H,3-4,7,10H2,1H3. The van der Waals surface area contributed by atoms with Crippen molar-refractivity contribution in [2.75, 3.05) is 6.61 Å². The molecule has 0 aliphatic carbocycles. The number of rotatable bonds is 7. The van der Waals surface area contributed by atoms with Crippen LogP contribution < -0.4 is 14.9 Å². The summed E-state index contributed by atoms with van der Waals surface area (Å²) in [7, 11) is -1.06. The van der Waals surface area contributed by atoms with Gasteiger partial charge in [0, 0.05) is 12.5 Å².